The van der Waals surface area contributed by atoms with E-state index in [-0.39, 0.29) is 0 Å². The molecule has 0 bridgehead atoms. The van der Waals surface area contributed by atoms with Crippen LogP contribution in [0.2, 0.25) is 0 Å². The van der Waals surface area contributed by atoms with Gasteiger partial charge in [0.25, 0.3) is 0 Å². The van der Waals surface area contributed by atoms with Crippen molar-refractivity contribution in [3.63, 3.8) is 0 Å². The Hall–Kier alpha value is -1.94. The zero-order chi connectivity index (χ0) is 11.5. The van der Waals surface area contributed by atoms with E-state index >= 15 is 0 Å². The normalized spacial score (nSPS) is 10.6. The van der Waals surface area contributed by atoms with Crippen LogP contribution in [0.3, 0.4) is 0 Å². The van der Waals surface area contributed by atoms with Crippen LogP contribution in [0.4, 0.5) is 0 Å². The van der Waals surface area contributed by atoms with Gasteiger partial charge in [-0.05, 0) is 12.1 Å². The van der Waals surface area contributed by atoms with Crippen LogP contribution < -0.4 is 4.74 Å². The first kappa shape index (κ1) is 10.2. The number of ether oxygens (including phenoxy) is 1. The smallest absolute Gasteiger partial charge is 0.138 e. The summed E-state index contributed by atoms with van der Waals surface area (Å²) in [5.41, 5.74) is 3.73. The van der Waals surface area contributed by atoms with Gasteiger partial charge in [-0.2, -0.15) is 0 Å². The van der Waals surface area contributed by atoms with Gasteiger partial charge in [0.1, 0.15) is 12.4 Å². The topological polar surface area (TPSA) is 35.0 Å². The number of aromatic nitrogens is 2. The van der Waals surface area contributed by atoms with Crippen LogP contribution in [0, 0.1) is 0 Å². The predicted molar refractivity (Wildman–Crippen MR) is 68.2 cm³/mol. The Morgan fingerprint density at radius 2 is 2.12 bits per heavy atom. The summed E-state index contributed by atoms with van der Waals surface area (Å²) in [7, 11) is 0. The van der Waals surface area contributed by atoms with Crippen molar-refractivity contribution in [1.29, 1.82) is 0 Å². The van der Waals surface area contributed by atoms with E-state index in [0.29, 0.717) is 6.61 Å². The summed E-state index contributed by atoms with van der Waals surface area (Å²) in [5, 5.41) is 3.07. The lowest BCUT2D eigenvalue weighted by Crippen LogP contribution is -1.95. The van der Waals surface area contributed by atoms with Gasteiger partial charge < -0.3 is 4.74 Å². The van der Waals surface area contributed by atoms with E-state index in [9.17, 15) is 0 Å². The lowest BCUT2D eigenvalue weighted by molar-refractivity contribution is 0.301. The molecule has 0 saturated carbocycles. The SMILES string of the molecule is c1ccc2ncc(OCc3cscn3)cc2c1. The minimum absolute atomic E-state index is 0.490. The first-order chi connectivity index (χ1) is 8.42. The maximum atomic E-state index is 5.64. The number of thiazole rings is 1. The van der Waals surface area contributed by atoms with Crippen LogP contribution >= 0.6 is 11.3 Å². The van der Waals surface area contributed by atoms with Crippen LogP contribution in [0.25, 0.3) is 10.9 Å². The van der Waals surface area contributed by atoms with E-state index in [1.165, 1.54) is 0 Å². The summed E-state index contributed by atoms with van der Waals surface area (Å²) in [4.78, 5) is 8.51. The molecule has 3 aromatic rings. The molecule has 0 saturated heterocycles. The number of rotatable bonds is 3. The van der Waals surface area contributed by atoms with Crippen molar-refractivity contribution in [2.24, 2.45) is 0 Å². The number of para-hydroxylation sites is 1. The van der Waals surface area contributed by atoms with Crippen LogP contribution in [0.5, 0.6) is 5.75 Å². The highest BCUT2D eigenvalue weighted by molar-refractivity contribution is 7.07. The Labute approximate surface area is 103 Å². The van der Waals surface area contributed by atoms with Gasteiger partial charge >= 0.3 is 0 Å². The fourth-order valence-corrected chi connectivity index (χ4v) is 2.14. The molecule has 0 fully saturated rings. The summed E-state index contributed by atoms with van der Waals surface area (Å²) in [6.07, 6.45) is 1.74. The summed E-state index contributed by atoms with van der Waals surface area (Å²) in [5.74, 6) is 0.775. The van der Waals surface area contributed by atoms with Gasteiger partial charge in [0.15, 0.2) is 0 Å². The third-order valence-corrected chi connectivity index (χ3v) is 3.07. The predicted octanol–water partition coefficient (Wildman–Crippen LogP) is 3.27. The number of hydrogen-bond donors (Lipinski definition) is 0. The second-order valence-electron chi connectivity index (χ2n) is 3.63. The molecule has 1 aromatic carbocycles. The molecule has 0 aliphatic heterocycles. The molecule has 0 aliphatic carbocycles. The first-order valence-electron chi connectivity index (χ1n) is 5.26. The molecule has 0 atom stereocenters. The highest BCUT2D eigenvalue weighted by atomic mass is 32.1. The second kappa shape index (κ2) is 4.51. The molecule has 17 heavy (non-hydrogen) atoms. The van der Waals surface area contributed by atoms with Gasteiger partial charge in [0.05, 0.1) is 22.9 Å². The van der Waals surface area contributed by atoms with Gasteiger partial charge in [0, 0.05) is 10.8 Å². The van der Waals surface area contributed by atoms with Gasteiger partial charge in [-0.3, -0.25) is 4.98 Å². The summed E-state index contributed by atoms with van der Waals surface area (Å²) >= 11 is 1.57. The number of fused-ring (bicyclic) bond motifs is 1. The lowest BCUT2D eigenvalue weighted by Gasteiger charge is -2.04. The van der Waals surface area contributed by atoms with E-state index in [2.05, 4.69) is 9.97 Å². The Kier molecular flexibility index (Phi) is 2.71. The zero-order valence-corrected chi connectivity index (χ0v) is 9.85. The fourth-order valence-electron chi connectivity index (χ4n) is 1.60. The van der Waals surface area contributed by atoms with Crippen LogP contribution in [-0.2, 0) is 6.61 Å². The highest BCUT2D eigenvalue weighted by Crippen LogP contribution is 2.18. The quantitative estimate of drug-likeness (QED) is 0.707. The van der Waals surface area contributed by atoms with E-state index in [1.807, 2.05) is 35.7 Å². The third kappa shape index (κ3) is 2.26. The number of nitrogens with zero attached hydrogens (tertiary/aromatic N) is 2. The molecule has 0 unspecified atom stereocenters. The Morgan fingerprint density at radius 1 is 1.18 bits per heavy atom. The van der Waals surface area contributed by atoms with E-state index < -0.39 is 0 Å². The number of benzene rings is 1. The maximum absolute atomic E-state index is 5.64. The molecule has 3 rings (SSSR count). The summed E-state index contributed by atoms with van der Waals surface area (Å²) < 4.78 is 5.64. The standard InChI is InChI=1S/C13H10N2OS/c1-2-4-13-10(3-1)5-12(6-14-13)16-7-11-8-17-9-15-11/h1-6,8-9H,7H2. The van der Waals surface area contributed by atoms with Gasteiger partial charge in [-0.25, -0.2) is 4.98 Å². The highest BCUT2D eigenvalue weighted by Gasteiger charge is 2.00. The van der Waals surface area contributed by atoms with E-state index in [4.69, 9.17) is 4.74 Å². The Balaban J connectivity index is 1.81. The maximum Gasteiger partial charge on any atom is 0.138 e. The van der Waals surface area contributed by atoms with E-state index in [0.717, 1.165) is 22.3 Å². The Bertz CT molecular complexity index is 622. The van der Waals surface area contributed by atoms with Crippen LogP contribution in [0.1, 0.15) is 5.69 Å². The third-order valence-electron chi connectivity index (χ3n) is 2.44. The van der Waals surface area contributed by atoms with Crippen molar-refractivity contribution in [3.8, 4) is 5.75 Å². The molecule has 0 aliphatic rings. The molecule has 4 heteroatoms. The van der Waals surface area contributed by atoms with Crippen molar-refractivity contribution in [2.45, 2.75) is 6.61 Å². The number of hydrogen-bond acceptors (Lipinski definition) is 4. The molecule has 2 aromatic heterocycles. The summed E-state index contributed by atoms with van der Waals surface area (Å²) in [6.45, 7) is 0.490. The minimum atomic E-state index is 0.490. The fraction of sp³-hybridized carbons (Fsp3) is 0.0769. The molecule has 84 valence electrons. The molecular weight excluding hydrogens is 232 g/mol. The molecule has 3 nitrogen and oxygen atoms in total. The van der Waals surface area contributed by atoms with Crippen molar-refractivity contribution in [2.75, 3.05) is 0 Å². The van der Waals surface area contributed by atoms with Crippen molar-refractivity contribution >= 4 is 22.2 Å². The molecule has 0 amide bonds. The second-order valence-corrected chi connectivity index (χ2v) is 4.35. The number of pyridine rings is 1. The lowest BCUT2D eigenvalue weighted by atomic mass is 10.2. The zero-order valence-electron chi connectivity index (χ0n) is 9.04. The molecular formula is C13H10N2OS. The van der Waals surface area contributed by atoms with Crippen molar-refractivity contribution in [3.05, 3.63) is 53.1 Å². The van der Waals surface area contributed by atoms with Crippen molar-refractivity contribution in [1.82, 2.24) is 9.97 Å². The van der Waals surface area contributed by atoms with Gasteiger partial charge in [-0.15, -0.1) is 11.3 Å². The van der Waals surface area contributed by atoms with Crippen molar-refractivity contribution < 1.29 is 4.74 Å². The summed E-state index contributed by atoms with van der Waals surface area (Å²) in [6, 6.07) is 9.98. The minimum Gasteiger partial charge on any atom is -0.486 e. The molecule has 2 heterocycles. The van der Waals surface area contributed by atoms with Gasteiger partial charge in [0.2, 0.25) is 0 Å². The molecule has 0 spiro atoms. The van der Waals surface area contributed by atoms with E-state index in [1.54, 1.807) is 23.0 Å². The Morgan fingerprint density at radius 3 is 3.00 bits per heavy atom. The van der Waals surface area contributed by atoms with Gasteiger partial charge in [-0.1, -0.05) is 18.2 Å². The average Bonchev–Trinajstić information content (AvgIpc) is 2.89. The largest absolute Gasteiger partial charge is 0.486 e. The monoisotopic (exact) mass is 242 g/mol. The molecule has 0 N–H and O–H groups in total. The average molecular weight is 242 g/mol. The van der Waals surface area contributed by atoms with Crippen LogP contribution in [-0.4, -0.2) is 9.97 Å². The van der Waals surface area contributed by atoms with Crippen LogP contribution in [0.15, 0.2) is 47.4 Å². The molecule has 0 radical (unpaired) electrons. The first-order valence-corrected chi connectivity index (χ1v) is 6.21.